The summed E-state index contributed by atoms with van der Waals surface area (Å²) in [5.74, 6) is 0.109. The zero-order valence-electron chi connectivity index (χ0n) is 7.23. The molecule has 1 nitrogen and oxygen atoms in total. The second-order valence-corrected chi connectivity index (χ2v) is 3.01. The average Bonchev–Trinajstić information content (AvgIpc) is 2.20. The highest BCUT2D eigenvalue weighted by Gasteiger charge is 2.10. The summed E-state index contributed by atoms with van der Waals surface area (Å²) in [7, 11) is 0. The van der Waals surface area contributed by atoms with Crippen LogP contribution < -0.4 is 0 Å². The highest BCUT2D eigenvalue weighted by molar-refractivity contribution is 6.08. The molecule has 0 saturated heterocycles. The van der Waals surface area contributed by atoms with Gasteiger partial charge < -0.3 is 0 Å². The lowest BCUT2D eigenvalue weighted by Crippen LogP contribution is -2.02. The van der Waals surface area contributed by atoms with Gasteiger partial charge in [-0.05, 0) is 18.1 Å². The molecular weight excluding hydrogens is 160 g/mol. The van der Waals surface area contributed by atoms with Crippen LogP contribution in [0.3, 0.4) is 0 Å². The van der Waals surface area contributed by atoms with Gasteiger partial charge in [0.1, 0.15) is 0 Å². The Morgan fingerprint density at radius 3 is 2.38 bits per heavy atom. The fourth-order valence-corrected chi connectivity index (χ4v) is 1.44. The third kappa shape index (κ3) is 1.59. The molecule has 2 aliphatic rings. The van der Waals surface area contributed by atoms with Crippen LogP contribution >= 0.6 is 0 Å². The number of carbonyl (C=O) groups is 1. The Labute approximate surface area is 77.5 Å². The first-order chi connectivity index (χ1) is 6.38. The molecular formula is C12H10O. The van der Waals surface area contributed by atoms with E-state index in [1.54, 1.807) is 12.2 Å². The Kier molecular flexibility index (Phi) is 2.09. The molecule has 0 aromatic heterocycles. The summed E-state index contributed by atoms with van der Waals surface area (Å²) in [5, 5.41) is 0. The lowest BCUT2D eigenvalue weighted by molar-refractivity contribution is -0.111. The predicted molar refractivity (Wildman–Crippen MR) is 53.2 cm³/mol. The van der Waals surface area contributed by atoms with Crippen LogP contribution in [-0.2, 0) is 4.79 Å². The first-order valence-electron chi connectivity index (χ1n) is 4.33. The minimum Gasteiger partial charge on any atom is -0.289 e. The van der Waals surface area contributed by atoms with Gasteiger partial charge in [-0.2, -0.15) is 0 Å². The van der Waals surface area contributed by atoms with Crippen LogP contribution in [0.15, 0.2) is 59.8 Å². The minimum absolute atomic E-state index is 0.109. The van der Waals surface area contributed by atoms with Crippen LogP contribution in [0.2, 0.25) is 0 Å². The second-order valence-electron chi connectivity index (χ2n) is 3.01. The maximum Gasteiger partial charge on any atom is 0.186 e. The van der Waals surface area contributed by atoms with Crippen LogP contribution in [0, 0.1) is 0 Å². The Balaban J connectivity index is 2.38. The molecule has 0 spiro atoms. The van der Waals surface area contributed by atoms with Crippen molar-refractivity contribution in [3.63, 3.8) is 0 Å². The summed E-state index contributed by atoms with van der Waals surface area (Å²) < 4.78 is 0. The van der Waals surface area contributed by atoms with Crippen LogP contribution in [0.25, 0.3) is 0 Å². The van der Waals surface area contributed by atoms with E-state index >= 15 is 0 Å². The monoisotopic (exact) mass is 170 g/mol. The largest absolute Gasteiger partial charge is 0.289 e. The van der Waals surface area contributed by atoms with E-state index in [0.29, 0.717) is 0 Å². The number of ketones is 1. The molecule has 0 saturated carbocycles. The lowest BCUT2D eigenvalue weighted by Gasteiger charge is -2.08. The van der Waals surface area contributed by atoms with Crippen molar-refractivity contribution in [2.75, 3.05) is 0 Å². The van der Waals surface area contributed by atoms with Crippen molar-refractivity contribution < 1.29 is 4.79 Å². The van der Waals surface area contributed by atoms with Gasteiger partial charge in [-0.1, -0.05) is 42.5 Å². The molecule has 0 radical (unpaired) electrons. The molecule has 0 heterocycles. The highest BCUT2D eigenvalue weighted by atomic mass is 16.1. The summed E-state index contributed by atoms with van der Waals surface area (Å²) in [5.41, 5.74) is 1.93. The van der Waals surface area contributed by atoms with Gasteiger partial charge in [0.2, 0.25) is 0 Å². The first kappa shape index (κ1) is 7.99. The van der Waals surface area contributed by atoms with Crippen molar-refractivity contribution in [2.24, 2.45) is 0 Å². The van der Waals surface area contributed by atoms with E-state index in [1.807, 2.05) is 30.4 Å². The summed E-state index contributed by atoms with van der Waals surface area (Å²) in [6.45, 7) is 0. The molecule has 64 valence electrons. The van der Waals surface area contributed by atoms with Crippen molar-refractivity contribution in [2.45, 2.75) is 6.42 Å². The van der Waals surface area contributed by atoms with Gasteiger partial charge in [0, 0.05) is 5.57 Å². The van der Waals surface area contributed by atoms with E-state index in [1.165, 1.54) is 0 Å². The van der Waals surface area contributed by atoms with Gasteiger partial charge >= 0.3 is 0 Å². The molecule has 0 unspecified atom stereocenters. The van der Waals surface area contributed by atoms with Crippen molar-refractivity contribution in [3.05, 3.63) is 59.8 Å². The zero-order valence-corrected chi connectivity index (χ0v) is 7.23. The van der Waals surface area contributed by atoms with Crippen molar-refractivity contribution >= 4 is 5.78 Å². The van der Waals surface area contributed by atoms with E-state index < -0.39 is 0 Å². The summed E-state index contributed by atoms with van der Waals surface area (Å²) in [4.78, 5) is 11.4. The molecule has 0 N–H and O–H groups in total. The highest BCUT2D eigenvalue weighted by Crippen LogP contribution is 2.19. The van der Waals surface area contributed by atoms with Gasteiger partial charge in [0.15, 0.2) is 5.78 Å². The predicted octanol–water partition coefficient (Wildman–Crippen LogP) is 2.49. The Hall–Kier alpha value is -1.63. The van der Waals surface area contributed by atoms with Crippen LogP contribution in [0.4, 0.5) is 0 Å². The molecule has 0 aromatic carbocycles. The van der Waals surface area contributed by atoms with Crippen LogP contribution in [0.1, 0.15) is 6.42 Å². The average molecular weight is 170 g/mol. The molecule has 0 bridgehead atoms. The van der Waals surface area contributed by atoms with Crippen LogP contribution in [-0.4, -0.2) is 5.78 Å². The quantitative estimate of drug-likeness (QED) is 0.510. The molecule has 1 heteroatoms. The normalized spacial score (nSPS) is 25.7. The van der Waals surface area contributed by atoms with Gasteiger partial charge in [0.25, 0.3) is 0 Å². The minimum atomic E-state index is 0.109. The van der Waals surface area contributed by atoms with Gasteiger partial charge in [-0.25, -0.2) is 0 Å². The Morgan fingerprint density at radius 1 is 0.923 bits per heavy atom. The van der Waals surface area contributed by atoms with Crippen LogP contribution in [0.5, 0.6) is 0 Å². The third-order valence-corrected chi connectivity index (χ3v) is 2.12. The number of rotatable bonds is 0. The van der Waals surface area contributed by atoms with Crippen molar-refractivity contribution in [3.8, 4) is 0 Å². The van der Waals surface area contributed by atoms with Gasteiger partial charge in [-0.3, -0.25) is 4.79 Å². The molecule has 0 aliphatic heterocycles. The number of carbonyl (C=O) groups excluding carboxylic acids is 1. The maximum atomic E-state index is 11.4. The fourth-order valence-electron chi connectivity index (χ4n) is 1.44. The van der Waals surface area contributed by atoms with Crippen molar-refractivity contribution in [1.82, 2.24) is 0 Å². The van der Waals surface area contributed by atoms with Gasteiger partial charge in [-0.15, -0.1) is 0 Å². The standard InChI is InChI=1S/C12H10O/c13-12-9-5-4-8-11(12)10-6-2-1-3-7-10/h1-6,8-9H,7H2/b11-10+. The number of allylic oxidation sites excluding steroid dienone is 10. The van der Waals surface area contributed by atoms with E-state index in [0.717, 1.165) is 17.6 Å². The second kappa shape index (κ2) is 3.40. The first-order valence-corrected chi connectivity index (χ1v) is 4.33. The number of hydrogen-bond donors (Lipinski definition) is 0. The summed E-state index contributed by atoms with van der Waals surface area (Å²) in [6.07, 6.45) is 16.0. The molecule has 2 rings (SSSR count). The van der Waals surface area contributed by atoms with E-state index in [2.05, 4.69) is 6.08 Å². The fraction of sp³-hybridized carbons (Fsp3) is 0.0833. The topological polar surface area (TPSA) is 17.1 Å². The third-order valence-electron chi connectivity index (χ3n) is 2.12. The molecule has 2 aliphatic carbocycles. The smallest absolute Gasteiger partial charge is 0.186 e. The number of hydrogen-bond acceptors (Lipinski definition) is 1. The maximum absolute atomic E-state index is 11.4. The lowest BCUT2D eigenvalue weighted by atomic mass is 9.95. The summed E-state index contributed by atoms with van der Waals surface area (Å²) in [6, 6.07) is 0. The zero-order chi connectivity index (χ0) is 9.10. The van der Waals surface area contributed by atoms with E-state index in [4.69, 9.17) is 0 Å². The summed E-state index contributed by atoms with van der Waals surface area (Å²) >= 11 is 0. The van der Waals surface area contributed by atoms with Gasteiger partial charge in [0.05, 0.1) is 0 Å². The Morgan fingerprint density at radius 2 is 1.69 bits per heavy atom. The van der Waals surface area contributed by atoms with E-state index in [9.17, 15) is 4.79 Å². The SMILES string of the molecule is O=C1C=CC=C/C1=C1/C=CC=CC1. The van der Waals surface area contributed by atoms with E-state index in [-0.39, 0.29) is 5.78 Å². The van der Waals surface area contributed by atoms with Crippen molar-refractivity contribution in [1.29, 1.82) is 0 Å². The Bertz CT molecular complexity index is 376. The molecule has 0 atom stereocenters. The molecule has 0 amide bonds. The molecule has 0 aromatic rings. The molecule has 0 fully saturated rings. The molecule has 13 heavy (non-hydrogen) atoms.